The van der Waals surface area contributed by atoms with Gasteiger partial charge in [0.15, 0.2) is 17.5 Å². The van der Waals surface area contributed by atoms with Gasteiger partial charge in [-0.2, -0.15) is 0 Å². The molecule has 0 amide bonds. The average Bonchev–Trinajstić information content (AvgIpc) is 3.47. The van der Waals surface area contributed by atoms with Gasteiger partial charge in [-0.25, -0.2) is 15.0 Å². The SMILES string of the molecule is c1ccc(-c2nc(-c3ccc4c(ccc5ccccc54)c3)nc(-c3ccc4c(c3)sc3c5ccccc5ccc43)n2)cc1. The Morgan fingerprint density at radius 2 is 0.884 bits per heavy atom. The summed E-state index contributed by atoms with van der Waals surface area (Å²) in [6.45, 7) is 0. The van der Waals surface area contributed by atoms with Gasteiger partial charge < -0.3 is 0 Å². The number of hydrogen-bond donors (Lipinski definition) is 0. The lowest BCUT2D eigenvalue weighted by Crippen LogP contribution is -2.00. The molecule has 0 bridgehead atoms. The largest absolute Gasteiger partial charge is 0.208 e. The van der Waals surface area contributed by atoms with Gasteiger partial charge in [-0.15, -0.1) is 11.3 Å². The minimum atomic E-state index is 0.668. The van der Waals surface area contributed by atoms with E-state index in [1.54, 1.807) is 0 Å². The van der Waals surface area contributed by atoms with Crippen molar-refractivity contribution in [3.05, 3.63) is 140 Å². The second-order valence-corrected chi connectivity index (χ2v) is 11.9. The molecule has 0 N–H and O–H groups in total. The number of nitrogens with zero attached hydrogens (tertiary/aromatic N) is 3. The van der Waals surface area contributed by atoms with E-state index in [-0.39, 0.29) is 0 Å². The van der Waals surface area contributed by atoms with Crippen LogP contribution in [0.1, 0.15) is 0 Å². The number of hydrogen-bond acceptors (Lipinski definition) is 4. The molecule has 0 aliphatic carbocycles. The van der Waals surface area contributed by atoms with Gasteiger partial charge in [0.25, 0.3) is 0 Å². The summed E-state index contributed by atoms with van der Waals surface area (Å²) in [5.41, 5.74) is 2.92. The number of fused-ring (bicyclic) bond motifs is 8. The van der Waals surface area contributed by atoms with Crippen molar-refractivity contribution in [2.24, 2.45) is 0 Å². The molecule has 200 valence electrons. The molecular weight excluding hydrogens is 543 g/mol. The molecule has 0 spiro atoms. The standard InChI is InChI=1S/C39H23N3S/c1-2-10-26(11-3-1)37-40-38(28-17-19-31-27(22-28)15-14-24-8-4-6-12-30(24)31)42-39(41-37)29-18-20-33-34-21-16-25-9-5-7-13-32(25)36(34)43-35(33)23-29/h1-23H. The first kappa shape index (κ1) is 24.2. The molecular formula is C39H23N3S. The van der Waals surface area contributed by atoms with Gasteiger partial charge in [0, 0.05) is 36.9 Å². The molecule has 0 fully saturated rings. The van der Waals surface area contributed by atoms with Crippen LogP contribution in [0, 0.1) is 0 Å². The highest BCUT2D eigenvalue weighted by Crippen LogP contribution is 2.40. The topological polar surface area (TPSA) is 38.7 Å². The predicted molar refractivity (Wildman–Crippen MR) is 182 cm³/mol. The smallest absolute Gasteiger partial charge is 0.164 e. The summed E-state index contributed by atoms with van der Waals surface area (Å²) in [6, 6.07) is 49.2. The molecule has 4 heteroatoms. The van der Waals surface area contributed by atoms with Crippen molar-refractivity contribution >= 4 is 63.8 Å². The van der Waals surface area contributed by atoms with Crippen LogP contribution in [0.5, 0.6) is 0 Å². The van der Waals surface area contributed by atoms with E-state index in [4.69, 9.17) is 15.0 Å². The molecule has 0 saturated carbocycles. The Bertz CT molecular complexity index is 2510. The maximum Gasteiger partial charge on any atom is 0.164 e. The lowest BCUT2D eigenvalue weighted by Gasteiger charge is -2.10. The van der Waals surface area contributed by atoms with E-state index in [0.717, 1.165) is 16.7 Å². The Morgan fingerprint density at radius 1 is 0.349 bits per heavy atom. The maximum absolute atomic E-state index is 5.06. The number of aromatic nitrogens is 3. The molecule has 2 aromatic heterocycles. The van der Waals surface area contributed by atoms with Crippen LogP contribution in [-0.4, -0.2) is 15.0 Å². The van der Waals surface area contributed by atoms with E-state index < -0.39 is 0 Å². The molecule has 0 radical (unpaired) electrons. The third kappa shape index (κ3) is 3.99. The van der Waals surface area contributed by atoms with Crippen LogP contribution in [0.15, 0.2) is 140 Å². The van der Waals surface area contributed by atoms with Crippen molar-refractivity contribution < 1.29 is 0 Å². The highest BCUT2D eigenvalue weighted by molar-refractivity contribution is 7.26. The highest BCUT2D eigenvalue weighted by Gasteiger charge is 2.15. The molecule has 0 unspecified atom stereocenters. The van der Waals surface area contributed by atoms with Gasteiger partial charge in [0.1, 0.15) is 0 Å². The summed E-state index contributed by atoms with van der Waals surface area (Å²) in [5.74, 6) is 2.01. The normalized spacial score (nSPS) is 11.7. The minimum Gasteiger partial charge on any atom is -0.208 e. The number of benzene rings is 7. The van der Waals surface area contributed by atoms with E-state index in [1.807, 2.05) is 29.5 Å². The zero-order valence-electron chi connectivity index (χ0n) is 23.0. The summed E-state index contributed by atoms with van der Waals surface area (Å²) in [7, 11) is 0. The first-order valence-electron chi connectivity index (χ1n) is 14.4. The highest BCUT2D eigenvalue weighted by atomic mass is 32.1. The maximum atomic E-state index is 5.06. The van der Waals surface area contributed by atoms with E-state index in [9.17, 15) is 0 Å². The fourth-order valence-corrected chi connectivity index (χ4v) is 7.42. The number of thiophene rings is 1. The van der Waals surface area contributed by atoms with Crippen LogP contribution in [0.4, 0.5) is 0 Å². The third-order valence-corrected chi connectivity index (χ3v) is 9.49. The Hall–Kier alpha value is -5.45. The Labute approximate surface area is 251 Å². The van der Waals surface area contributed by atoms with Crippen LogP contribution in [-0.2, 0) is 0 Å². The quantitative estimate of drug-likeness (QED) is 0.200. The van der Waals surface area contributed by atoms with E-state index >= 15 is 0 Å². The van der Waals surface area contributed by atoms with E-state index in [2.05, 4.69) is 121 Å². The van der Waals surface area contributed by atoms with Crippen LogP contribution in [0.25, 0.3) is 86.7 Å². The molecule has 0 aliphatic rings. The van der Waals surface area contributed by atoms with Gasteiger partial charge in [0.05, 0.1) is 0 Å². The molecule has 3 nitrogen and oxygen atoms in total. The van der Waals surface area contributed by atoms with Crippen molar-refractivity contribution in [2.75, 3.05) is 0 Å². The second kappa shape index (κ2) is 9.55. The average molecular weight is 566 g/mol. The number of rotatable bonds is 3. The Balaban J connectivity index is 1.23. The molecule has 9 rings (SSSR count). The predicted octanol–water partition coefficient (Wildman–Crippen LogP) is 10.7. The molecule has 7 aromatic carbocycles. The molecule has 0 atom stereocenters. The van der Waals surface area contributed by atoms with Crippen LogP contribution >= 0.6 is 11.3 Å². The van der Waals surface area contributed by atoms with Crippen LogP contribution in [0.3, 0.4) is 0 Å². The molecule has 0 saturated heterocycles. The summed E-state index contributed by atoms with van der Waals surface area (Å²) < 4.78 is 2.54. The van der Waals surface area contributed by atoms with Crippen molar-refractivity contribution in [1.29, 1.82) is 0 Å². The lowest BCUT2D eigenvalue weighted by atomic mass is 10.00. The summed E-state index contributed by atoms with van der Waals surface area (Å²) in [6.07, 6.45) is 0. The van der Waals surface area contributed by atoms with E-state index in [0.29, 0.717) is 17.5 Å². The van der Waals surface area contributed by atoms with E-state index in [1.165, 1.54) is 52.5 Å². The monoisotopic (exact) mass is 565 g/mol. The minimum absolute atomic E-state index is 0.668. The van der Waals surface area contributed by atoms with Gasteiger partial charge >= 0.3 is 0 Å². The first-order valence-corrected chi connectivity index (χ1v) is 15.2. The van der Waals surface area contributed by atoms with Crippen molar-refractivity contribution in [3.63, 3.8) is 0 Å². The van der Waals surface area contributed by atoms with Crippen LogP contribution in [0.2, 0.25) is 0 Å². The Kier molecular flexibility index (Phi) is 5.37. The van der Waals surface area contributed by atoms with Gasteiger partial charge in [-0.1, -0.05) is 127 Å². The Morgan fingerprint density at radius 3 is 1.67 bits per heavy atom. The molecule has 2 heterocycles. The first-order chi connectivity index (χ1) is 21.3. The molecule has 9 aromatic rings. The van der Waals surface area contributed by atoms with Crippen LogP contribution < -0.4 is 0 Å². The third-order valence-electron chi connectivity index (χ3n) is 8.29. The summed E-state index contributed by atoms with van der Waals surface area (Å²) in [4.78, 5) is 15.0. The van der Waals surface area contributed by atoms with Gasteiger partial charge in [-0.3, -0.25) is 0 Å². The molecule has 0 aliphatic heterocycles. The zero-order chi connectivity index (χ0) is 28.3. The zero-order valence-corrected chi connectivity index (χ0v) is 23.8. The van der Waals surface area contributed by atoms with Crippen molar-refractivity contribution in [3.8, 4) is 34.2 Å². The lowest BCUT2D eigenvalue weighted by molar-refractivity contribution is 1.08. The second-order valence-electron chi connectivity index (χ2n) is 10.9. The fourth-order valence-electron chi connectivity index (χ4n) is 6.15. The van der Waals surface area contributed by atoms with Gasteiger partial charge in [0.2, 0.25) is 0 Å². The summed E-state index contributed by atoms with van der Waals surface area (Å²) >= 11 is 1.83. The molecule has 43 heavy (non-hydrogen) atoms. The van der Waals surface area contributed by atoms with Crippen molar-refractivity contribution in [1.82, 2.24) is 15.0 Å². The van der Waals surface area contributed by atoms with Gasteiger partial charge in [-0.05, 0) is 44.5 Å². The fraction of sp³-hybridized carbons (Fsp3) is 0. The summed E-state index contributed by atoms with van der Waals surface area (Å²) in [5, 5.41) is 9.98. The van der Waals surface area contributed by atoms with Crippen molar-refractivity contribution in [2.45, 2.75) is 0 Å².